The van der Waals surface area contributed by atoms with Crippen LogP contribution in [-0.2, 0) is 14.3 Å². The topological polar surface area (TPSA) is 99.5 Å². The molecule has 0 unspecified atom stereocenters. The molecular formula is C19H30N3O4+. The number of nitrogens with one attached hydrogen (secondary N) is 2. The molecule has 2 rings (SSSR count). The summed E-state index contributed by atoms with van der Waals surface area (Å²) in [6.07, 6.45) is 0.803. The van der Waals surface area contributed by atoms with Gasteiger partial charge in [-0.2, -0.15) is 0 Å². The minimum absolute atomic E-state index is 0.0972. The van der Waals surface area contributed by atoms with Crippen LogP contribution in [0.1, 0.15) is 24.0 Å². The van der Waals surface area contributed by atoms with Crippen LogP contribution < -0.4 is 20.6 Å². The van der Waals surface area contributed by atoms with Crippen LogP contribution in [0.3, 0.4) is 0 Å². The summed E-state index contributed by atoms with van der Waals surface area (Å²) in [5.41, 5.74) is 2.79. The number of carbonyl (C=O) groups is 2. The fourth-order valence-corrected chi connectivity index (χ4v) is 3.20. The number of carboxylic acids is 1. The number of rotatable bonds is 9. The van der Waals surface area contributed by atoms with Crippen molar-refractivity contribution >= 4 is 17.6 Å². The molecule has 1 aromatic carbocycles. The van der Waals surface area contributed by atoms with Crippen LogP contribution >= 0.6 is 0 Å². The minimum Gasteiger partial charge on any atom is -0.544 e. The lowest BCUT2D eigenvalue weighted by molar-refractivity contribution is -0.909. The van der Waals surface area contributed by atoms with Crippen molar-refractivity contribution in [3.63, 3.8) is 0 Å². The Kier molecular flexibility index (Phi) is 8.03. The summed E-state index contributed by atoms with van der Waals surface area (Å²) in [6, 6.07) is 4.87. The molecule has 1 fully saturated rings. The van der Waals surface area contributed by atoms with E-state index in [1.165, 1.54) is 4.90 Å². The van der Waals surface area contributed by atoms with Crippen LogP contribution in [-0.4, -0.2) is 57.3 Å². The molecule has 4 N–H and O–H groups in total. The third kappa shape index (κ3) is 6.74. The van der Waals surface area contributed by atoms with E-state index in [9.17, 15) is 14.7 Å². The Balaban J connectivity index is 1.75. The van der Waals surface area contributed by atoms with Crippen LogP contribution in [0, 0.1) is 13.8 Å². The van der Waals surface area contributed by atoms with E-state index in [4.69, 9.17) is 4.74 Å². The average molecular weight is 364 g/mol. The number of hydrogen-bond acceptors (Lipinski definition) is 4. The van der Waals surface area contributed by atoms with Gasteiger partial charge in [-0.15, -0.1) is 0 Å². The number of hydrogen-bond donors (Lipinski definition) is 3. The summed E-state index contributed by atoms with van der Waals surface area (Å²) in [5.74, 6) is -1.50. The number of benzene rings is 1. The van der Waals surface area contributed by atoms with Gasteiger partial charge in [0.15, 0.2) is 0 Å². The number of carbonyl (C=O) groups excluding carboxylic acids is 2. The molecule has 0 saturated carbocycles. The lowest BCUT2D eigenvalue weighted by Gasteiger charge is -2.23. The Labute approximate surface area is 154 Å². The van der Waals surface area contributed by atoms with E-state index in [-0.39, 0.29) is 12.3 Å². The van der Waals surface area contributed by atoms with Gasteiger partial charge in [-0.3, -0.25) is 4.79 Å². The van der Waals surface area contributed by atoms with Crippen LogP contribution in [0.4, 0.5) is 5.69 Å². The fourth-order valence-electron chi connectivity index (χ4n) is 3.20. The van der Waals surface area contributed by atoms with Crippen LogP contribution in [0.5, 0.6) is 0 Å². The standard InChI is InChI=1S/C19H29N3O4/c1-14-4-5-16(15(2)12-14)21-18(23)13-17(19(24)25)20-6-3-7-22-8-10-26-11-9-22/h4-5,12,17,20H,3,6-11,13H2,1-2H3,(H,21,23)(H,24,25)/p+1/t17-/m0/s1. The second-order valence-electron chi connectivity index (χ2n) is 6.99. The van der Waals surface area contributed by atoms with Crippen molar-refractivity contribution in [1.82, 2.24) is 0 Å². The molecule has 144 valence electrons. The molecule has 1 aliphatic heterocycles. The third-order valence-corrected chi connectivity index (χ3v) is 4.75. The van der Waals surface area contributed by atoms with Gasteiger partial charge in [-0.1, -0.05) is 17.7 Å². The molecule has 7 nitrogen and oxygen atoms in total. The normalized spacial score (nSPS) is 16.2. The zero-order valence-corrected chi connectivity index (χ0v) is 15.7. The predicted molar refractivity (Wildman–Crippen MR) is 95.7 cm³/mol. The van der Waals surface area contributed by atoms with Gasteiger partial charge in [0, 0.05) is 12.1 Å². The van der Waals surface area contributed by atoms with Gasteiger partial charge >= 0.3 is 0 Å². The maximum atomic E-state index is 12.2. The van der Waals surface area contributed by atoms with Gasteiger partial charge < -0.3 is 30.2 Å². The summed E-state index contributed by atoms with van der Waals surface area (Å²) in [5, 5.41) is 15.9. The van der Waals surface area contributed by atoms with Gasteiger partial charge in [0.05, 0.1) is 38.7 Å². The van der Waals surface area contributed by atoms with Crippen LogP contribution in [0.25, 0.3) is 0 Å². The first-order chi connectivity index (χ1) is 12.5. The number of quaternary nitrogens is 2. The third-order valence-electron chi connectivity index (χ3n) is 4.75. The molecule has 0 aromatic heterocycles. The number of amides is 1. The molecule has 7 heteroatoms. The van der Waals surface area contributed by atoms with Gasteiger partial charge in [0.25, 0.3) is 0 Å². The quantitative estimate of drug-likeness (QED) is 0.426. The predicted octanol–water partition coefficient (Wildman–Crippen LogP) is -2.38. The number of ether oxygens (including phenoxy) is 1. The molecule has 1 heterocycles. The van der Waals surface area contributed by atoms with E-state index >= 15 is 0 Å². The Hall–Kier alpha value is -1.96. The molecule has 0 bridgehead atoms. The molecule has 1 aromatic rings. The van der Waals surface area contributed by atoms with Gasteiger partial charge in [0.2, 0.25) is 5.91 Å². The second kappa shape index (κ2) is 10.3. The van der Waals surface area contributed by atoms with Crippen molar-refractivity contribution in [1.29, 1.82) is 0 Å². The molecule has 1 saturated heterocycles. The molecule has 26 heavy (non-hydrogen) atoms. The summed E-state index contributed by atoms with van der Waals surface area (Å²) in [7, 11) is 0. The highest BCUT2D eigenvalue weighted by Crippen LogP contribution is 2.16. The summed E-state index contributed by atoms with van der Waals surface area (Å²) in [4.78, 5) is 25.0. The maximum absolute atomic E-state index is 12.2. The first-order valence-electron chi connectivity index (χ1n) is 9.28. The van der Waals surface area contributed by atoms with Crippen molar-refractivity contribution in [2.24, 2.45) is 0 Å². The summed E-state index contributed by atoms with van der Waals surface area (Å²) in [6.45, 7) is 9.15. The smallest absolute Gasteiger partial charge is 0.230 e. The zero-order chi connectivity index (χ0) is 18.9. The van der Waals surface area contributed by atoms with E-state index in [1.807, 2.05) is 32.0 Å². The number of morpholine rings is 1. The number of nitrogens with two attached hydrogens (primary N) is 1. The van der Waals surface area contributed by atoms with Crippen LogP contribution in [0.15, 0.2) is 18.2 Å². The highest BCUT2D eigenvalue weighted by atomic mass is 16.5. The van der Waals surface area contributed by atoms with Gasteiger partial charge in [0.1, 0.15) is 19.1 Å². The Morgan fingerprint density at radius 3 is 2.69 bits per heavy atom. The number of anilines is 1. The Bertz CT molecular complexity index is 615. The molecule has 0 spiro atoms. The number of aryl methyl sites for hydroxylation is 2. The van der Waals surface area contributed by atoms with Gasteiger partial charge in [-0.05, 0) is 25.5 Å². The molecule has 0 radical (unpaired) electrons. The SMILES string of the molecule is Cc1ccc(NC(=O)C[C@H]([NH2+]CCC[NH+]2CCOCC2)C(=O)[O-])c(C)c1. The summed E-state index contributed by atoms with van der Waals surface area (Å²) >= 11 is 0. The maximum Gasteiger partial charge on any atom is 0.230 e. The van der Waals surface area contributed by atoms with E-state index in [1.54, 1.807) is 5.32 Å². The monoisotopic (exact) mass is 364 g/mol. The van der Waals surface area contributed by atoms with Crippen LogP contribution in [0.2, 0.25) is 0 Å². The fraction of sp³-hybridized carbons (Fsp3) is 0.579. The lowest BCUT2D eigenvalue weighted by Crippen LogP contribution is -3.14. The Morgan fingerprint density at radius 1 is 1.31 bits per heavy atom. The largest absolute Gasteiger partial charge is 0.544 e. The summed E-state index contributed by atoms with van der Waals surface area (Å²) < 4.78 is 5.32. The van der Waals surface area contributed by atoms with Crippen molar-refractivity contribution in [3.8, 4) is 0 Å². The lowest BCUT2D eigenvalue weighted by atomic mass is 10.1. The highest BCUT2D eigenvalue weighted by molar-refractivity contribution is 5.94. The van der Waals surface area contributed by atoms with Crippen molar-refractivity contribution in [2.45, 2.75) is 32.7 Å². The zero-order valence-electron chi connectivity index (χ0n) is 15.7. The first-order valence-corrected chi connectivity index (χ1v) is 9.28. The minimum atomic E-state index is -1.19. The van der Waals surface area contributed by atoms with E-state index in [2.05, 4.69) is 5.32 Å². The van der Waals surface area contributed by atoms with Crippen molar-refractivity contribution in [3.05, 3.63) is 29.3 Å². The second-order valence-corrected chi connectivity index (χ2v) is 6.99. The first kappa shape index (κ1) is 20.4. The van der Waals surface area contributed by atoms with Gasteiger partial charge in [-0.25, -0.2) is 0 Å². The van der Waals surface area contributed by atoms with Crippen molar-refractivity contribution in [2.75, 3.05) is 44.7 Å². The molecular weight excluding hydrogens is 334 g/mol. The number of carboxylic acid groups (broad SMARTS) is 1. The van der Waals surface area contributed by atoms with E-state index < -0.39 is 12.0 Å². The average Bonchev–Trinajstić information content (AvgIpc) is 2.61. The number of aliphatic carboxylic acids is 1. The van der Waals surface area contributed by atoms with E-state index in [0.29, 0.717) is 12.2 Å². The molecule has 0 aliphatic carbocycles. The van der Waals surface area contributed by atoms with E-state index in [0.717, 1.165) is 50.4 Å². The highest BCUT2D eigenvalue weighted by Gasteiger charge is 2.19. The van der Waals surface area contributed by atoms with Crippen molar-refractivity contribution < 1.29 is 29.6 Å². The molecule has 1 aliphatic rings. The molecule has 1 atom stereocenters. The molecule has 1 amide bonds. The Morgan fingerprint density at radius 2 is 2.04 bits per heavy atom.